The predicted octanol–water partition coefficient (Wildman–Crippen LogP) is -1.05. The van der Waals surface area contributed by atoms with E-state index in [9.17, 15) is 21.4 Å². The molecule has 0 radical (unpaired) electrons. The zero-order chi connectivity index (χ0) is 14.5. The van der Waals surface area contributed by atoms with Gasteiger partial charge in [0.1, 0.15) is 15.6 Å². The Morgan fingerprint density at radius 3 is 2.45 bits per heavy atom. The summed E-state index contributed by atoms with van der Waals surface area (Å²) in [5.74, 6) is 0.136. The van der Waals surface area contributed by atoms with E-state index < -0.39 is 22.3 Å². The molecule has 3 nitrogen and oxygen atoms in total. The van der Waals surface area contributed by atoms with E-state index >= 15 is 0 Å². The second kappa shape index (κ2) is 8.80. The van der Waals surface area contributed by atoms with Gasteiger partial charge in [-0.25, -0.2) is 8.42 Å². The largest absolute Gasteiger partial charge is 1.00 e. The molecule has 1 aromatic rings. The Kier molecular flexibility index (Phi) is 9.00. The standard InChI is InChI=1S/C11H15BF3O3S.K/c1-2-19(16,17)8-4-7-18-11-6-3-5-10(9-11)12(13,14)15;/h3,5-6,9H,2,4,7-8H2,1H3;/q-1;+1. The average Bonchev–Trinajstić information content (AvgIpc) is 2.34. The Morgan fingerprint density at radius 1 is 1.25 bits per heavy atom. The molecule has 0 aliphatic carbocycles. The first-order chi connectivity index (χ1) is 8.74. The predicted molar refractivity (Wildman–Crippen MR) is 69.6 cm³/mol. The van der Waals surface area contributed by atoms with Crippen molar-refractivity contribution in [1.82, 2.24) is 0 Å². The zero-order valence-electron chi connectivity index (χ0n) is 11.5. The molecule has 0 spiro atoms. The number of hydrogen-bond acceptors (Lipinski definition) is 3. The third-order valence-electron chi connectivity index (χ3n) is 2.54. The molecule has 0 saturated carbocycles. The van der Waals surface area contributed by atoms with Crippen LogP contribution < -0.4 is 61.6 Å². The fraction of sp³-hybridized carbons (Fsp3) is 0.455. The van der Waals surface area contributed by atoms with Gasteiger partial charge in [0.15, 0.2) is 0 Å². The number of ether oxygens (including phenoxy) is 1. The second-order valence-electron chi connectivity index (χ2n) is 4.09. The maximum Gasteiger partial charge on any atom is 1.00 e. The molecule has 0 bridgehead atoms. The van der Waals surface area contributed by atoms with Gasteiger partial charge in [-0.3, -0.25) is 0 Å². The summed E-state index contributed by atoms with van der Waals surface area (Å²) in [6, 6.07) is 4.59. The molecular formula is C11H15BF3KO3S. The van der Waals surface area contributed by atoms with Crippen molar-refractivity contribution in [1.29, 1.82) is 0 Å². The van der Waals surface area contributed by atoms with E-state index in [1.54, 1.807) is 6.92 Å². The molecule has 0 heterocycles. The molecule has 1 aromatic carbocycles. The molecule has 0 unspecified atom stereocenters. The first-order valence-corrected chi connectivity index (χ1v) is 7.70. The molecule has 0 amide bonds. The quantitative estimate of drug-likeness (QED) is 0.472. The minimum Gasteiger partial charge on any atom is -0.494 e. The van der Waals surface area contributed by atoms with Gasteiger partial charge in [0.25, 0.3) is 0 Å². The fourth-order valence-electron chi connectivity index (χ4n) is 1.42. The Bertz CT molecular complexity index is 520. The summed E-state index contributed by atoms with van der Waals surface area (Å²) >= 11 is 0. The monoisotopic (exact) mass is 334 g/mol. The molecule has 0 aliphatic rings. The maximum atomic E-state index is 12.5. The maximum absolute atomic E-state index is 12.5. The molecule has 0 N–H and O–H groups in total. The molecular weight excluding hydrogens is 319 g/mol. The topological polar surface area (TPSA) is 43.4 Å². The number of rotatable bonds is 7. The van der Waals surface area contributed by atoms with Gasteiger partial charge in [0.05, 0.1) is 12.4 Å². The minimum absolute atomic E-state index is 0. The van der Waals surface area contributed by atoms with Gasteiger partial charge in [-0.05, 0) is 18.6 Å². The van der Waals surface area contributed by atoms with E-state index in [2.05, 4.69) is 0 Å². The Hall–Kier alpha value is 0.461. The van der Waals surface area contributed by atoms with Crippen molar-refractivity contribution in [2.24, 2.45) is 0 Å². The Labute approximate surface area is 159 Å². The Morgan fingerprint density at radius 2 is 1.90 bits per heavy atom. The van der Waals surface area contributed by atoms with Crippen molar-refractivity contribution in [2.45, 2.75) is 13.3 Å². The minimum atomic E-state index is -5.05. The molecule has 0 fully saturated rings. The summed E-state index contributed by atoms with van der Waals surface area (Å²) in [4.78, 5) is 0. The van der Waals surface area contributed by atoms with Crippen LogP contribution in [0, 0.1) is 0 Å². The van der Waals surface area contributed by atoms with E-state index in [1.165, 1.54) is 12.1 Å². The molecule has 0 aromatic heterocycles. The van der Waals surface area contributed by atoms with E-state index in [0.717, 1.165) is 12.1 Å². The Balaban J connectivity index is 0.00000361. The van der Waals surface area contributed by atoms with Crippen LogP contribution >= 0.6 is 0 Å². The molecule has 108 valence electrons. The number of sulfone groups is 1. The number of hydrogen-bond donors (Lipinski definition) is 0. The molecule has 0 aliphatic heterocycles. The first kappa shape index (κ1) is 20.5. The van der Waals surface area contributed by atoms with Gasteiger partial charge in [0.2, 0.25) is 0 Å². The van der Waals surface area contributed by atoms with Crippen LogP contribution in [0.15, 0.2) is 24.3 Å². The van der Waals surface area contributed by atoms with E-state index in [0.29, 0.717) is 0 Å². The van der Waals surface area contributed by atoms with Crippen molar-refractivity contribution >= 4 is 22.3 Å². The molecule has 9 heteroatoms. The van der Waals surface area contributed by atoms with E-state index in [-0.39, 0.29) is 81.7 Å². The van der Waals surface area contributed by atoms with Gasteiger partial charge in [-0.1, -0.05) is 19.1 Å². The van der Waals surface area contributed by atoms with Crippen molar-refractivity contribution in [3.05, 3.63) is 24.3 Å². The summed E-state index contributed by atoms with van der Waals surface area (Å²) < 4.78 is 65.0. The summed E-state index contributed by atoms with van der Waals surface area (Å²) in [5.41, 5.74) is -0.723. The van der Waals surface area contributed by atoms with Crippen molar-refractivity contribution in [3.8, 4) is 5.75 Å². The van der Waals surface area contributed by atoms with Crippen LogP contribution in [-0.2, 0) is 9.84 Å². The van der Waals surface area contributed by atoms with Crippen molar-refractivity contribution < 1.29 is 77.5 Å². The van der Waals surface area contributed by atoms with Gasteiger partial charge in [-0.2, -0.15) is 0 Å². The molecule has 0 atom stereocenters. The second-order valence-corrected chi connectivity index (χ2v) is 6.56. The van der Waals surface area contributed by atoms with Crippen molar-refractivity contribution in [3.63, 3.8) is 0 Å². The number of benzene rings is 1. The van der Waals surface area contributed by atoms with Crippen LogP contribution in [0.1, 0.15) is 13.3 Å². The van der Waals surface area contributed by atoms with Crippen molar-refractivity contribution in [2.75, 3.05) is 18.1 Å². The molecule has 20 heavy (non-hydrogen) atoms. The third kappa shape index (κ3) is 7.46. The summed E-state index contributed by atoms with van der Waals surface area (Å²) in [6.07, 6.45) is 0.261. The van der Waals surface area contributed by atoms with Crippen LogP contribution in [0.4, 0.5) is 12.9 Å². The van der Waals surface area contributed by atoms with Gasteiger partial charge in [0, 0.05) is 5.75 Å². The summed E-state index contributed by atoms with van der Waals surface area (Å²) in [5, 5.41) is 0. The van der Waals surface area contributed by atoms with E-state index in [4.69, 9.17) is 4.74 Å². The van der Waals surface area contributed by atoms with Gasteiger partial charge >= 0.3 is 58.4 Å². The average molecular weight is 334 g/mol. The van der Waals surface area contributed by atoms with Crippen LogP contribution in [0.25, 0.3) is 0 Å². The summed E-state index contributed by atoms with van der Waals surface area (Å²) in [7, 11) is -3.06. The van der Waals surface area contributed by atoms with Crippen LogP contribution in [0.2, 0.25) is 0 Å². The normalized spacial score (nSPS) is 11.8. The third-order valence-corrected chi connectivity index (χ3v) is 4.33. The van der Waals surface area contributed by atoms with Crippen LogP contribution in [0.3, 0.4) is 0 Å². The van der Waals surface area contributed by atoms with Gasteiger partial charge in [-0.15, -0.1) is 5.46 Å². The smallest absolute Gasteiger partial charge is 0.494 e. The number of halogens is 3. The van der Waals surface area contributed by atoms with Gasteiger partial charge < -0.3 is 17.7 Å². The van der Waals surface area contributed by atoms with Crippen LogP contribution in [0.5, 0.6) is 5.75 Å². The van der Waals surface area contributed by atoms with Crippen LogP contribution in [-0.4, -0.2) is 33.5 Å². The SMILES string of the molecule is CCS(=O)(=O)CCCOc1cccc([B-](F)(F)F)c1.[K+]. The van der Waals surface area contributed by atoms with E-state index in [1.807, 2.05) is 0 Å². The fourth-order valence-corrected chi connectivity index (χ4v) is 2.27. The first-order valence-electron chi connectivity index (χ1n) is 5.88. The zero-order valence-corrected chi connectivity index (χ0v) is 15.4. The molecule has 0 saturated heterocycles. The molecule has 1 rings (SSSR count). The summed E-state index contributed by atoms with van der Waals surface area (Å²) in [6.45, 7) is -3.42.